The number of fused-ring (bicyclic) bond motifs is 1. The first-order valence-electron chi connectivity index (χ1n) is 4.92. The van der Waals surface area contributed by atoms with Crippen LogP contribution in [0.2, 0.25) is 0 Å². The van der Waals surface area contributed by atoms with Crippen LogP contribution >= 0.6 is 34.4 Å². The van der Waals surface area contributed by atoms with Gasteiger partial charge < -0.3 is 0 Å². The average Bonchev–Trinajstić information content (AvgIpc) is 2.27. The van der Waals surface area contributed by atoms with Crippen LogP contribution < -0.4 is 5.56 Å². The molecule has 0 fully saturated rings. The highest BCUT2D eigenvalue weighted by Crippen LogP contribution is 2.17. The lowest BCUT2D eigenvalue weighted by molar-refractivity contribution is 0.726. The number of benzene rings is 1. The van der Waals surface area contributed by atoms with Gasteiger partial charge in [0, 0.05) is 10.6 Å². The van der Waals surface area contributed by atoms with Gasteiger partial charge in [-0.1, -0.05) is 18.7 Å². The van der Waals surface area contributed by atoms with E-state index in [9.17, 15) is 4.79 Å². The van der Waals surface area contributed by atoms with Crippen molar-refractivity contribution in [3.05, 3.63) is 32.1 Å². The van der Waals surface area contributed by atoms with Crippen molar-refractivity contribution in [3.63, 3.8) is 0 Å². The van der Waals surface area contributed by atoms with E-state index < -0.39 is 0 Å². The van der Waals surface area contributed by atoms with Gasteiger partial charge in [0.25, 0.3) is 5.56 Å². The summed E-state index contributed by atoms with van der Waals surface area (Å²) in [5.41, 5.74) is 0.805. The molecule has 0 aliphatic carbocycles. The molecule has 1 aromatic carbocycles. The number of hydrogen-bond acceptors (Lipinski definition) is 3. The first-order valence-corrected chi connectivity index (χ1v) is 6.99. The zero-order valence-electron chi connectivity index (χ0n) is 9.03. The molecule has 5 heteroatoms. The monoisotopic (exact) mass is 346 g/mol. The van der Waals surface area contributed by atoms with E-state index in [4.69, 9.17) is 0 Å². The standard InChI is InChI=1S/C11H11IN2OS/c1-3-16-11-13-9-5-4-7(12)6-8(9)10(15)14(11)2/h4-6H,3H2,1-2H3. The minimum Gasteiger partial charge on any atom is -0.290 e. The number of rotatable bonds is 2. The average molecular weight is 346 g/mol. The van der Waals surface area contributed by atoms with E-state index in [1.54, 1.807) is 23.4 Å². The van der Waals surface area contributed by atoms with Crippen LogP contribution in [-0.2, 0) is 7.05 Å². The van der Waals surface area contributed by atoms with Gasteiger partial charge in [0.2, 0.25) is 0 Å². The maximum Gasteiger partial charge on any atom is 0.261 e. The Hall–Kier alpha value is -0.560. The van der Waals surface area contributed by atoms with Crippen LogP contribution in [0.25, 0.3) is 10.9 Å². The van der Waals surface area contributed by atoms with Gasteiger partial charge in [-0.2, -0.15) is 0 Å². The van der Waals surface area contributed by atoms with Crippen LogP contribution in [0.1, 0.15) is 6.92 Å². The number of hydrogen-bond donors (Lipinski definition) is 0. The van der Waals surface area contributed by atoms with Crippen molar-refractivity contribution >= 4 is 45.3 Å². The summed E-state index contributed by atoms with van der Waals surface area (Å²) >= 11 is 3.79. The van der Waals surface area contributed by atoms with Crippen molar-refractivity contribution in [2.24, 2.45) is 7.05 Å². The highest BCUT2D eigenvalue weighted by molar-refractivity contribution is 14.1. The molecule has 0 aliphatic rings. The van der Waals surface area contributed by atoms with Crippen LogP contribution in [0.15, 0.2) is 28.2 Å². The summed E-state index contributed by atoms with van der Waals surface area (Å²) in [5.74, 6) is 0.913. The van der Waals surface area contributed by atoms with Gasteiger partial charge in [-0.3, -0.25) is 9.36 Å². The van der Waals surface area contributed by atoms with Crippen LogP contribution in [-0.4, -0.2) is 15.3 Å². The third kappa shape index (κ3) is 2.10. The Labute approximate surface area is 111 Å². The van der Waals surface area contributed by atoms with Crippen LogP contribution in [0, 0.1) is 3.57 Å². The second-order valence-electron chi connectivity index (χ2n) is 3.35. The van der Waals surface area contributed by atoms with Crippen LogP contribution in [0.5, 0.6) is 0 Å². The first kappa shape index (κ1) is 11.9. The van der Waals surface area contributed by atoms with Gasteiger partial charge in [-0.05, 0) is 46.5 Å². The third-order valence-corrected chi connectivity index (χ3v) is 3.85. The third-order valence-electron chi connectivity index (χ3n) is 2.27. The molecule has 2 rings (SSSR count). The molecule has 84 valence electrons. The van der Waals surface area contributed by atoms with E-state index in [0.29, 0.717) is 5.39 Å². The molecule has 0 spiro atoms. The Morgan fingerprint density at radius 2 is 2.25 bits per heavy atom. The lowest BCUT2D eigenvalue weighted by atomic mass is 10.2. The molecule has 0 radical (unpaired) electrons. The minimum atomic E-state index is 0.0273. The molecule has 0 saturated carbocycles. The van der Waals surface area contributed by atoms with E-state index in [1.165, 1.54) is 0 Å². The fourth-order valence-electron chi connectivity index (χ4n) is 1.48. The fraction of sp³-hybridized carbons (Fsp3) is 0.273. The molecular weight excluding hydrogens is 335 g/mol. The Balaban J connectivity index is 2.78. The predicted molar refractivity (Wildman–Crippen MR) is 76.1 cm³/mol. The zero-order valence-corrected chi connectivity index (χ0v) is 12.0. The maximum atomic E-state index is 12.1. The summed E-state index contributed by atoms with van der Waals surface area (Å²) in [6.45, 7) is 2.05. The van der Waals surface area contributed by atoms with Gasteiger partial charge in [0.1, 0.15) is 0 Å². The van der Waals surface area contributed by atoms with E-state index in [0.717, 1.165) is 20.0 Å². The van der Waals surface area contributed by atoms with Crippen LogP contribution in [0.4, 0.5) is 0 Å². The molecule has 3 nitrogen and oxygen atoms in total. The molecule has 0 unspecified atom stereocenters. The van der Waals surface area contributed by atoms with Gasteiger partial charge >= 0.3 is 0 Å². The normalized spacial score (nSPS) is 10.9. The molecule has 16 heavy (non-hydrogen) atoms. The Morgan fingerprint density at radius 1 is 1.50 bits per heavy atom. The second-order valence-corrected chi connectivity index (χ2v) is 5.83. The highest BCUT2D eigenvalue weighted by atomic mass is 127. The Morgan fingerprint density at radius 3 is 2.94 bits per heavy atom. The molecule has 1 heterocycles. The van der Waals surface area contributed by atoms with E-state index >= 15 is 0 Å². The van der Waals surface area contributed by atoms with Crippen molar-refractivity contribution < 1.29 is 0 Å². The zero-order chi connectivity index (χ0) is 11.7. The minimum absolute atomic E-state index is 0.0273. The first-order chi connectivity index (χ1) is 7.63. The molecule has 0 aliphatic heterocycles. The van der Waals surface area contributed by atoms with Crippen LogP contribution in [0.3, 0.4) is 0 Å². The molecular formula is C11H11IN2OS. The van der Waals surface area contributed by atoms with E-state index in [2.05, 4.69) is 34.5 Å². The van der Waals surface area contributed by atoms with Gasteiger partial charge in [-0.15, -0.1) is 0 Å². The molecule has 0 N–H and O–H groups in total. The SMILES string of the molecule is CCSc1nc2ccc(I)cc2c(=O)n1C. The molecule has 0 saturated heterocycles. The summed E-state index contributed by atoms with van der Waals surface area (Å²) in [6.07, 6.45) is 0. The summed E-state index contributed by atoms with van der Waals surface area (Å²) in [5, 5.41) is 1.47. The summed E-state index contributed by atoms with van der Waals surface area (Å²) < 4.78 is 2.67. The van der Waals surface area contributed by atoms with Gasteiger partial charge in [0.15, 0.2) is 5.16 Å². The molecule has 0 atom stereocenters. The largest absolute Gasteiger partial charge is 0.290 e. The Bertz CT molecular complexity index is 594. The lowest BCUT2D eigenvalue weighted by Gasteiger charge is -2.07. The lowest BCUT2D eigenvalue weighted by Crippen LogP contribution is -2.20. The number of nitrogens with zero attached hydrogens (tertiary/aromatic N) is 2. The predicted octanol–water partition coefficient (Wildman–Crippen LogP) is 2.65. The van der Waals surface area contributed by atoms with Crippen molar-refractivity contribution in [3.8, 4) is 0 Å². The van der Waals surface area contributed by atoms with Gasteiger partial charge in [0.05, 0.1) is 10.9 Å². The van der Waals surface area contributed by atoms with Crippen molar-refractivity contribution in [1.82, 2.24) is 9.55 Å². The number of halogens is 1. The summed E-state index contributed by atoms with van der Waals surface area (Å²) in [6, 6.07) is 5.75. The Kier molecular flexibility index (Phi) is 3.53. The van der Waals surface area contributed by atoms with Crippen molar-refractivity contribution in [2.75, 3.05) is 5.75 Å². The maximum absolute atomic E-state index is 12.1. The highest BCUT2D eigenvalue weighted by Gasteiger charge is 2.07. The second kappa shape index (κ2) is 4.75. The summed E-state index contributed by atoms with van der Waals surface area (Å²) in [4.78, 5) is 16.6. The quantitative estimate of drug-likeness (QED) is 0.476. The van der Waals surface area contributed by atoms with E-state index in [-0.39, 0.29) is 5.56 Å². The summed E-state index contributed by atoms with van der Waals surface area (Å²) in [7, 11) is 1.77. The topological polar surface area (TPSA) is 34.9 Å². The molecule has 0 bridgehead atoms. The fourth-order valence-corrected chi connectivity index (χ4v) is 2.67. The number of aromatic nitrogens is 2. The molecule has 2 aromatic rings. The van der Waals surface area contributed by atoms with Crippen molar-refractivity contribution in [1.29, 1.82) is 0 Å². The smallest absolute Gasteiger partial charge is 0.261 e. The number of thioether (sulfide) groups is 1. The molecule has 1 aromatic heterocycles. The van der Waals surface area contributed by atoms with Crippen molar-refractivity contribution in [2.45, 2.75) is 12.1 Å². The van der Waals surface area contributed by atoms with E-state index in [1.807, 2.05) is 18.2 Å². The van der Waals surface area contributed by atoms with Gasteiger partial charge in [-0.25, -0.2) is 4.98 Å². The molecule has 0 amide bonds.